The zero-order valence-corrected chi connectivity index (χ0v) is 16.8. The number of carbonyl (C=O) groups excluding carboxylic acids is 3. The fourth-order valence-corrected chi connectivity index (χ4v) is 2.52. The van der Waals surface area contributed by atoms with E-state index in [0.29, 0.717) is 35.8 Å². The number of anilines is 2. The normalized spacial score (nSPS) is 10.5. The van der Waals surface area contributed by atoms with Crippen LogP contribution in [0.1, 0.15) is 47.9 Å². The van der Waals surface area contributed by atoms with Gasteiger partial charge in [-0.1, -0.05) is 32.4 Å². The molecule has 0 bridgehead atoms. The van der Waals surface area contributed by atoms with Gasteiger partial charge in [0.2, 0.25) is 5.91 Å². The third kappa shape index (κ3) is 6.06. The topological polar surface area (TPSA) is 100 Å². The molecule has 0 fully saturated rings. The van der Waals surface area contributed by atoms with Crippen LogP contribution >= 0.6 is 11.6 Å². The van der Waals surface area contributed by atoms with Crippen LogP contribution in [-0.2, 0) is 4.79 Å². The predicted molar refractivity (Wildman–Crippen MR) is 110 cm³/mol. The van der Waals surface area contributed by atoms with Crippen molar-refractivity contribution >= 4 is 40.7 Å². The van der Waals surface area contributed by atoms with E-state index in [9.17, 15) is 14.4 Å². The average molecular weight is 403 g/mol. The van der Waals surface area contributed by atoms with Crippen molar-refractivity contribution in [1.82, 2.24) is 10.3 Å². The molecule has 0 unspecified atom stereocenters. The molecule has 148 valence electrons. The summed E-state index contributed by atoms with van der Waals surface area (Å²) in [7, 11) is 0. The van der Waals surface area contributed by atoms with Gasteiger partial charge in [-0.2, -0.15) is 0 Å². The second-order valence-corrected chi connectivity index (χ2v) is 7.02. The van der Waals surface area contributed by atoms with Gasteiger partial charge in [0.25, 0.3) is 11.8 Å². The molecule has 7 nitrogen and oxygen atoms in total. The highest BCUT2D eigenvalue weighted by atomic mass is 35.5. The molecule has 3 amide bonds. The third-order valence-electron chi connectivity index (χ3n) is 3.75. The van der Waals surface area contributed by atoms with Crippen LogP contribution in [-0.4, -0.2) is 29.3 Å². The summed E-state index contributed by atoms with van der Waals surface area (Å²) in [4.78, 5) is 40.0. The van der Waals surface area contributed by atoms with E-state index < -0.39 is 5.91 Å². The van der Waals surface area contributed by atoms with Gasteiger partial charge >= 0.3 is 0 Å². The molecule has 0 saturated heterocycles. The zero-order valence-electron chi connectivity index (χ0n) is 16.0. The molecule has 0 spiro atoms. The maximum absolute atomic E-state index is 12.4. The van der Waals surface area contributed by atoms with Crippen molar-refractivity contribution in [1.29, 1.82) is 0 Å². The summed E-state index contributed by atoms with van der Waals surface area (Å²) in [5, 5.41) is 8.39. The van der Waals surface area contributed by atoms with Gasteiger partial charge in [-0.25, -0.2) is 0 Å². The number of halogens is 1. The van der Waals surface area contributed by atoms with E-state index in [1.165, 1.54) is 24.5 Å². The highest BCUT2D eigenvalue weighted by Crippen LogP contribution is 2.22. The van der Waals surface area contributed by atoms with Gasteiger partial charge in [0.15, 0.2) is 0 Å². The fraction of sp³-hybridized carbons (Fsp3) is 0.300. The molecule has 3 N–H and O–H groups in total. The highest BCUT2D eigenvalue weighted by Gasteiger charge is 2.13. The lowest BCUT2D eigenvalue weighted by Gasteiger charge is -2.11. The fourth-order valence-electron chi connectivity index (χ4n) is 2.25. The van der Waals surface area contributed by atoms with Crippen molar-refractivity contribution in [2.24, 2.45) is 5.92 Å². The van der Waals surface area contributed by atoms with Crippen molar-refractivity contribution in [3.8, 4) is 0 Å². The Labute approximate surface area is 168 Å². The van der Waals surface area contributed by atoms with Crippen LogP contribution in [0.25, 0.3) is 0 Å². The average Bonchev–Trinajstić information content (AvgIpc) is 2.66. The number of benzene rings is 1. The smallest absolute Gasteiger partial charge is 0.257 e. The Morgan fingerprint density at radius 3 is 2.43 bits per heavy atom. The van der Waals surface area contributed by atoms with Crippen LogP contribution in [0.2, 0.25) is 5.02 Å². The molecule has 0 radical (unpaired) electrons. The van der Waals surface area contributed by atoms with Crippen molar-refractivity contribution in [2.45, 2.75) is 27.2 Å². The van der Waals surface area contributed by atoms with Crippen LogP contribution in [0.15, 0.2) is 36.7 Å². The van der Waals surface area contributed by atoms with Crippen LogP contribution in [0.5, 0.6) is 0 Å². The Morgan fingerprint density at radius 1 is 1.04 bits per heavy atom. The number of hydrogen-bond donors (Lipinski definition) is 3. The molecule has 2 aromatic rings. The Morgan fingerprint density at radius 2 is 1.79 bits per heavy atom. The Kier molecular flexibility index (Phi) is 7.52. The van der Waals surface area contributed by atoms with E-state index in [2.05, 4.69) is 20.9 Å². The summed E-state index contributed by atoms with van der Waals surface area (Å²) < 4.78 is 0. The minimum absolute atomic E-state index is 0.169. The third-order valence-corrected chi connectivity index (χ3v) is 4.06. The van der Waals surface area contributed by atoms with E-state index in [1.54, 1.807) is 19.1 Å². The lowest BCUT2D eigenvalue weighted by atomic mass is 10.1. The minimum atomic E-state index is -0.409. The second-order valence-electron chi connectivity index (χ2n) is 6.62. The monoisotopic (exact) mass is 402 g/mol. The van der Waals surface area contributed by atoms with Gasteiger partial charge in [-0.15, -0.1) is 0 Å². The maximum Gasteiger partial charge on any atom is 0.257 e. The number of hydrogen-bond acceptors (Lipinski definition) is 4. The van der Waals surface area contributed by atoms with Gasteiger partial charge in [0.05, 0.1) is 28.0 Å². The molecule has 2 rings (SSSR count). The lowest BCUT2D eigenvalue weighted by molar-refractivity contribution is -0.115. The van der Waals surface area contributed by atoms with Crippen molar-refractivity contribution < 1.29 is 14.4 Å². The molecule has 0 saturated carbocycles. The van der Waals surface area contributed by atoms with Gasteiger partial charge in [0.1, 0.15) is 0 Å². The molecule has 0 aliphatic heterocycles. The summed E-state index contributed by atoms with van der Waals surface area (Å²) in [6.07, 6.45) is 3.18. The number of amides is 3. The number of rotatable bonds is 7. The van der Waals surface area contributed by atoms with Crippen molar-refractivity contribution in [2.75, 3.05) is 17.2 Å². The van der Waals surface area contributed by atoms with Crippen molar-refractivity contribution in [3.63, 3.8) is 0 Å². The molecule has 0 atom stereocenters. The summed E-state index contributed by atoms with van der Waals surface area (Å²) >= 11 is 6.20. The summed E-state index contributed by atoms with van der Waals surface area (Å²) in [6, 6.07) is 6.21. The maximum atomic E-state index is 12.4. The zero-order chi connectivity index (χ0) is 20.7. The lowest BCUT2D eigenvalue weighted by Crippen LogP contribution is -2.27. The van der Waals surface area contributed by atoms with Gasteiger partial charge in [-0.05, 0) is 30.2 Å². The number of aromatic nitrogens is 1. The van der Waals surface area contributed by atoms with Crippen LogP contribution in [0.4, 0.5) is 11.4 Å². The largest absolute Gasteiger partial charge is 0.352 e. The van der Waals surface area contributed by atoms with E-state index in [1.807, 2.05) is 13.8 Å². The van der Waals surface area contributed by atoms with Gasteiger partial charge < -0.3 is 16.0 Å². The van der Waals surface area contributed by atoms with Gasteiger partial charge in [-0.3, -0.25) is 19.4 Å². The molecular weight excluding hydrogens is 380 g/mol. The standard InChI is InChI=1S/C20H23ClN4O3/c1-4-18(26)24-15-7-13(10-22-11-15)19(27)25-14-5-6-16(17(21)8-14)20(28)23-9-12(2)3/h5-8,10-12H,4,9H2,1-3H3,(H,23,28)(H,24,26)(H,25,27). The van der Waals surface area contributed by atoms with Crippen LogP contribution in [0, 0.1) is 5.92 Å². The first-order chi connectivity index (χ1) is 13.3. The summed E-state index contributed by atoms with van der Waals surface area (Å²) in [5.74, 6) is -0.515. The van der Waals surface area contributed by atoms with E-state index in [0.717, 1.165) is 0 Å². The molecule has 1 aromatic carbocycles. The number of carbonyl (C=O) groups is 3. The number of nitrogens with one attached hydrogen (secondary N) is 3. The molecule has 1 aromatic heterocycles. The molecule has 8 heteroatoms. The second kappa shape index (κ2) is 9.85. The van der Waals surface area contributed by atoms with Crippen LogP contribution in [0.3, 0.4) is 0 Å². The minimum Gasteiger partial charge on any atom is -0.352 e. The molecule has 0 aliphatic rings. The van der Waals surface area contributed by atoms with Crippen molar-refractivity contribution in [3.05, 3.63) is 52.8 Å². The number of nitrogens with zero attached hydrogens (tertiary/aromatic N) is 1. The Bertz CT molecular complexity index is 884. The highest BCUT2D eigenvalue weighted by molar-refractivity contribution is 6.34. The molecular formula is C20H23ClN4O3. The van der Waals surface area contributed by atoms with Gasteiger partial charge in [0, 0.05) is 24.8 Å². The number of pyridine rings is 1. The van der Waals surface area contributed by atoms with Crippen LogP contribution < -0.4 is 16.0 Å². The van der Waals surface area contributed by atoms with E-state index in [4.69, 9.17) is 11.6 Å². The van der Waals surface area contributed by atoms with E-state index >= 15 is 0 Å². The molecule has 1 heterocycles. The molecule has 28 heavy (non-hydrogen) atoms. The molecule has 0 aliphatic carbocycles. The first kappa shape index (κ1) is 21.4. The first-order valence-corrected chi connectivity index (χ1v) is 9.32. The quantitative estimate of drug-likeness (QED) is 0.657. The first-order valence-electron chi connectivity index (χ1n) is 8.94. The Balaban J connectivity index is 2.08. The SMILES string of the molecule is CCC(=O)Nc1cncc(C(=O)Nc2ccc(C(=O)NCC(C)C)c(Cl)c2)c1. The van der Waals surface area contributed by atoms with E-state index in [-0.39, 0.29) is 22.4 Å². The Hall–Kier alpha value is -2.93. The summed E-state index contributed by atoms with van der Waals surface area (Å²) in [6.45, 7) is 6.28. The predicted octanol–water partition coefficient (Wildman–Crippen LogP) is 3.72. The summed E-state index contributed by atoms with van der Waals surface area (Å²) in [5.41, 5.74) is 1.50.